The number of Topliss-reactive ketones (excluding diaryl/α,β-unsaturated/α-hetero) is 1. The summed E-state index contributed by atoms with van der Waals surface area (Å²) in [4.78, 5) is 15.3. The highest BCUT2D eigenvalue weighted by Crippen LogP contribution is 2.30. The third-order valence-electron chi connectivity index (χ3n) is 2.53. The summed E-state index contributed by atoms with van der Waals surface area (Å²) < 4.78 is 5.32. The van der Waals surface area contributed by atoms with Crippen molar-refractivity contribution in [2.45, 2.75) is 38.5 Å². The average Bonchev–Trinajstić information content (AvgIpc) is 2.53. The van der Waals surface area contributed by atoms with Crippen LogP contribution < -0.4 is 0 Å². The molecule has 1 saturated carbocycles. The summed E-state index contributed by atoms with van der Waals surface area (Å²) in [6.45, 7) is 1.92. The minimum Gasteiger partial charge on any atom is -0.448 e. The summed E-state index contributed by atoms with van der Waals surface area (Å²) >= 11 is 0. The van der Waals surface area contributed by atoms with E-state index in [0.29, 0.717) is 24.5 Å². The smallest absolute Gasteiger partial charge is 0.197 e. The zero-order valence-electron chi connectivity index (χ0n) is 7.75. The molecular formula is C10H13NO2. The quantitative estimate of drug-likeness (QED) is 0.663. The molecule has 3 nitrogen and oxygen atoms in total. The Morgan fingerprint density at radius 3 is 2.69 bits per heavy atom. The van der Waals surface area contributed by atoms with Crippen LogP contribution in [0.3, 0.4) is 0 Å². The number of nitrogens with zero attached hydrogens (tertiary/aromatic N) is 1. The van der Waals surface area contributed by atoms with E-state index in [2.05, 4.69) is 4.98 Å². The van der Waals surface area contributed by atoms with Crippen molar-refractivity contribution in [2.75, 3.05) is 0 Å². The maximum atomic E-state index is 11.0. The molecule has 2 rings (SSSR count). The summed E-state index contributed by atoms with van der Waals surface area (Å²) in [5.74, 6) is 1.55. The SMILES string of the molecule is Cc1coc(C2CCC(=O)CC2)n1. The van der Waals surface area contributed by atoms with Crippen molar-refractivity contribution < 1.29 is 9.21 Å². The summed E-state index contributed by atoms with van der Waals surface area (Å²) in [5, 5.41) is 0. The topological polar surface area (TPSA) is 43.1 Å². The van der Waals surface area contributed by atoms with Gasteiger partial charge in [0.05, 0.1) is 5.69 Å². The molecule has 1 aliphatic carbocycles. The first-order valence-corrected chi connectivity index (χ1v) is 4.69. The summed E-state index contributed by atoms with van der Waals surface area (Å²) in [6.07, 6.45) is 4.85. The van der Waals surface area contributed by atoms with Crippen LogP contribution in [-0.2, 0) is 4.79 Å². The highest BCUT2D eigenvalue weighted by molar-refractivity contribution is 5.79. The predicted octanol–water partition coefficient (Wildman–Crippen LogP) is 2.21. The lowest BCUT2D eigenvalue weighted by Gasteiger charge is -2.17. The van der Waals surface area contributed by atoms with Gasteiger partial charge in [0, 0.05) is 18.8 Å². The Morgan fingerprint density at radius 2 is 2.15 bits per heavy atom. The number of aryl methyl sites for hydroxylation is 1. The van der Waals surface area contributed by atoms with Gasteiger partial charge in [0.1, 0.15) is 12.0 Å². The van der Waals surface area contributed by atoms with Crippen molar-refractivity contribution in [1.29, 1.82) is 0 Å². The van der Waals surface area contributed by atoms with E-state index in [4.69, 9.17) is 4.42 Å². The van der Waals surface area contributed by atoms with Gasteiger partial charge in [-0.25, -0.2) is 4.98 Å². The highest BCUT2D eigenvalue weighted by Gasteiger charge is 2.23. The Kier molecular flexibility index (Phi) is 2.17. The Morgan fingerprint density at radius 1 is 1.46 bits per heavy atom. The Bertz CT molecular complexity index is 306. The first kappa shape index (κ1) is 8.48. The number of hydrogen-bond donors (Lipinski definition) is 0. The van der Waals surface area contributed by atoms with Crippen LogP contribution in [0, 0.1) is 6.92 Å². The summed E-state index contributed by atoms with van der Waals surface area (Å²) in [5.41, 5.74) is 0.923. The number of oxazole rings is 1. The lowest BCUT2D eigenvalue weighted by atomic mass is 9.88. The van der Waals surface area contributed by atoms with Crippen LogP contribution in [-0.4, -0.2) is 10.8 Å². The van der Waals surface area contributed by atoms with Gasteiger partial charge in [-0.15, -0.1) is 0 Å². The van der Waals surface area contributed by atoms with Gasteiger partial charge < -0.3 is 4.42 Å². The van der Waals surface area contributed by atoms with Crippen LogP contribution in [0.2, 0.25) is 0 Å². The van der Waals surface area contributed by atoms with Gasteiger partial charge in [-0.1, -0.05) is 0 Å². The van der Waals surface area contributed by atoms with Crippen LogP contribution in [0.5, 0.6) is 0 Å². The molecule has 0 saturated heterocycles. The standard InChI is InChI=1S/C10H13NO2/c1-7-6-13-10(11-7)8-2-4-9(12)5-3-8/h6,8H,2-5H2,1H3. The van der Waals surface area contributed by atoms with Crippen LogP contribution in [0.15, 0.2) is 10.7 Å². The van der Waals surface area contributed by atoms with Crippen molar-refractivity contribution in [3.05, 3.63) is 17.8 Å². The average molecular weight is 179 g/mol. The van der Waals surface area contributed by atoms with Gasteiger partial charge in [-0.2, -0.15) is 0 Å². The van der Waals surface area contributed by atoms with E-state index in [9.17, 15) is 4.79 Å². The zero-order chi connectivity index (χ0) is 9.26. The van der Waals surface area contributed by atoms with Gasteiger partial charge in [-0.3, -0.25) is 4.79 Å². The van der Waals surface area contributed by atoms with Gasteiger partial charge in [0.25, 0.3) is 0 Å². The van der Waals surface area contributed by atoms with Crippen LogP contribution in [0.25, 0.3) is 0 Å². The van der Waals surface area contributed by atoms with E-state index >= 15 is 0 Å². The molecular weight excluding hydrogens is 166 g/mol. The van der Waals surface area contributed by atoms with Gasteiger partial charge in [0.15, 0.2) is 5.89 Å². The Balaban J connectivity index is 2.06. The maximum Gasteiger partial charge on any atom is 0.197 e. The Labute approximate surface area is 77.2 Å². The molecule has 70 valence electrons. The van der Waals surface area contributed by atoms with Crippen molar-refractivity contribution >= 4 is 5.78 Å². The maximum absolute atomic E-state index is 11.0. The number of carbonyl (C=O) groups is 1. The molecule has 1 heterocycles. The number of rotatable bonds is 1. The molecule has 0 atom stereocenters. The molecule has 1 fully saturated rings. The summed E-state index contributed by atoms with van der Waals surface area (Å²) in [6, 6.07) is 0. The third-order valence-corrected chi connectivity index (χ3v) is 2.53. The molecule has 0 amide bonds. The van der Waals surface area contributed by atoms with Crippen molar-refractivity contribution in [1.82, 2.24) is 4.98 Å². The lowest BCUT2D eigenvalue weighted by Crippen LogP contribution is -2.12. The van der Waals surface area contributed by atoms with E-state index in [-0.39, 0.29) is 0 Å². The number of aromatic nitrogens is 1. The molecule has 1 aliphatic rings. The van der Waals surface area contributed by atoms with Gasteiger partial charge in [0.2, 0.25) is 0 Å². The molecule has 0 aliphatic heterocycles. The molecule has 0 spiro atoms. The first-order chi connectivity index (χ1) is 6.25. The number of ketones is 1. The van der Waals surface area contributed by atoms with Crippen LogP contribution >= 0.6 is 0 Å². The fourth-order valence-corrected chi connectivity index (χ4v) is 1.75. The Hall–Kier alpha value is -1.12. The highest BCUT2D eigenvalue weighted by atomic mass is 16.3. The fraction of sp³-hybridized carbons (Fsp3) is 0.600. The fourth-order valence-electron chi connectivity index (χ4n) is 1.75. The number of carbonyl (C=O) groups excluding carboxylic acids is 1. The predicted molar refractivity (Wildman–Crippen MR) is 47.5 cm³/mol. The molecule has 0 N–H and O–H groups in total. The summed E-state index contributed by atoms with van der Waals surface area (Å²) in [7, 11) is 0. The lowest BCUT2D eigenvalue weighted by molar-refractivity contribution is -0.120. The largest absolute Gasteiger partial charge is 0.448 e. The molecule has 0 unspecified atom stereocenters. The van der Waals surface area contributed by atoms with Crippen LogP contribution in [0.4, 0.5) is 0 Å². The van der Waals surface area contributed by atoms with Crippen molar-refractivity contribution in [3.63, 3.8) is 0 Å². The second kappa shape index (κ2) is 3.32. The molecule has 0 bridgehead atoms. The molecule has 3 heteroatoms. The van der Waals surface area contributed by atoms with E-state index in [1.165, 1.54) is 0 Å². The molecule has 1 aromatic heterocycles. The van der Waals surface area contributed by atoms with E-state index in [1.807, 2.05) is 6.92 Å². The minimum atomic E-state index is 0.367. The van der Waals surface area contributed by atoms with Gasteiger partial charge in [-0.05, 0) is 19.8 Å². The van der Waals surface area contributed by atoms with E-state index in [1.54, 1.807) is 6.26 Å². The molecule has 1 aromatic rings. The molecule has 0 aromatic carbocycles. The van der Waals surface area contributed by atoms with Crippen molar-refractivity contribution in [3.8, 4) is 0 Å². The zero-order valence-corrected chi connectivity index (χ0v) is 7.75. The third kappa shape index (κ3) is 1.79. The molecule has 13 heavy (non-hydrogen) atoms. The monoisotopic (exact) mass is 179 g/mol. The van der Waals surface area contributed by atoms with Crippen molar-refractivity contribution in [2.24, 2.45) is 0 Å². The van der Waals surface area contributed by atoms with Crippen LogP contribution in [0.1, 0.15) is 43.2 Å². The van der Waals surface area contributed by atoms with Gasteiger partial charge >= 0.3 is 0 Å². The minimum absolute atomic E-state index is 0.367. The first-order valence-electron chi connectivity index (χ1n) is 4.69. The van der Waals surface area contributed by atoms with E-state index in [0.717, 1.165) is 24.4 Å². The number of hydrogen-bond acceptors (Lipinski definition) is 3. The molecule has 0 radical (unpaired) electrons. The second-order valence-electron chi connectivity index (χ2n) is 3.64. The normalized spacial score (nSPS) is 19.3. The van der Waals surface area contributed by atoms with E-state index < -0.39 is 0 Å². The second-order valence-corrected chi connectivity index (χ2v) is 3.64.